The van der Waals surface area contributed by atoms with E-state index in [1.807, 2.05) is 0 Å². The number of rotatable bonds is 1. The second-order valence-corrected chi connectivity index (χ2v) is 2.75. The van der Waals surface area contributed by atoms with Crippen LogP contribution in [0.25, 0.3) is 0 Å². The molecule has 0 bridgehead atoms. The summed E-state index contributed by atoms with van der Waals surface area (Å²) >= 11 is 0. The lowest BCUT2D eigenvalue weighted by Gasteiger charge is -2.03. The number of nitrogens with two attached hydrogens (primary N) is 1. The van der Waals surface area contributed by atoms with Gasteiger partial charge in [0.05, 0.1) is 12.7 Å². The molecule has 0 heterocycles. The number of carbonyl (C=O) groups is 1. The minimum Gasteiger partial charge on any atom is -0.465 e. The molecule has 0 aliphatic heterocycles. The van der Waals surface area contributed by atoms with Gasteiger partial charge in [-0.15, -0.1) is 0 Å². The molecule has 0 aromatic heterocycles. The highest BCUT2D eigenvalue weighted by Crippen LogP contribution is 2.14. The lowest BCUT2D eigenvalue weighted by Crippen LogP contribution is -2.05. The number of nitrogen functional groups attached to an aromatic ring is 1. The number of aliphatic hydroxyl groups excluding tert-OH is 1. The molecule has 0 amide bonds. The normalized spacial score (nSPS) is 8.93. The molecule has 4 heteroatoms. The summed E-state index contributed by atoms with van der Waals surface area (Å²) in [4.78, 5) is 11.2. The van der Waals surface area contributed by atoms with Gasteiger partial charge in [0.25, 0.3) is 0 Å². The molecule has 15 heavy (non-hydrogen) atoms. The highest BCUT2D eigenvalue weighted by molar-refractivity contribution is 5.95. The number of ether oxygens (including phenoxy) is 1. The summed E-state index contributed by atoms with van der Waals surface area (Å²) < 4.78 is 4.54. The molecule has 3 N–H and O–H groups in total. The Balaban J connectivity index is 3.03. The Bertz CT molecular complexity index is 429. The molecular weight excluding hydrogens is 194 g/mol. The quantitative estimate of drug-likeness (QED) is 0.395. The van der Waals surface area contributed by atoms with Gasteiger partial charge >= 0.3 is 5.97 Å². The van der Waals surface area contributed by atoms with E-state index in [1.54, 1.807) is 18.2 Å². The second kappa shape index (κ2) is 5.03. The van der Waals surface area contributed by atoms with Crippen molar-refractivity contribution in [2.75, 3.05) is 19.5 Å². The third kappa shape index (κ3) is 2.73. The molecule has 0 aliphatic carbocycles. The first-order valence-corrected chi connectivity index (χ1v) is 4.26. The highest BCUT2D eigenvalue weighted by atomic mass is 16.5. The van der Waals surface area contributed by atoms with Crippen LogP contribution in [0.3, 0.4) is 0 Å². The molecule has 0 fully saturated rings. The van der Waals surface area contributed by atoms with Crippen LogP contribution >= 0.6 is 0 Å². The SMILES string of the molecule is COC(=O)c1ccc(C#CCO)cc1N. The van der Waals surface area contributed by atoms with Gasteiger partial charge in [-0.1, -0.05) is 11.8 Å². The fourth-order valence-corrected chi connectivity index (χ4v) is 1.08. The molecule has 78 valence electrons. The molecule has 0 atom stereocenters. The Morgan fingerprint density at radius 3 is 2.87 bits per heavy atom. The third-order valence-corrected chi connectivity index (χ3v) is 1.77. The van der Waals surface area contributed by atoms with Crippen molar-refractivity contribution in [2.24, 2.45) is 0 Å². The molecule has 4 nitrogen and oxygen atoms in total. The van der Waals surface area contributed by atoms with Gasteiger partial charge in [0.1, 0.15) is 6.61 Å². The topological polar surface area (TPSA) is 72.5 Å². The van der Waals surface area contributed by atoms with E-state index in [2.05, 4.69) is 16.6 Å². The van der Waals surface area contributed by atoms with E-state index in [0.29, 0.717) is 16.8 Å². The number of carbonyl (C=O) groups excluding carboxylic acids is 1. The number of hydrogen-bond donors (Lipinski definition) is 2. The Kier molecular flexibility index (Phi) is 3.72. The van der Waals surface area contributed by atoms with Crippen LogP contribution < -0.4 is 5.73 Å². The van der Waals surface area contributed by atoms with Crippen molar-refractivity contribution in [3.05, 3.63) is 29.3 Å². The Labute approximate surface area is 87.7 Å². The minimum absolute atomic E-state index is 0.210. The van der Waals surface area contributed by atoms with E-state index in [1.165, 1.54) is 7.11 Å². The number of aliphatic hydroxyl groups is 1. The maximum atomic E-state index is 11.2. The van der Waals surface area contributed by atoms with Crippen molar-refractivity contribution in [2.45, 2.75) is 0 Å². The van der Waals surface area contributed by atoms with Gasteiger partial charge in [0.15, 0.2) is 0 Å². The average Bonchev–Trinajstić information content (AvgIpc) is 2.25. The number of anilines is 1. The minimum atomic E-state index is -0.478. The number of benzene rings is 1. The summed E-state index contributed by atoms with van der Waals surface area (Å²) in [6.45, 7) is -0.210. The summed E-state index contributed by atoms with van der Waals surface area (Å²) in [5.41, 5.74) is 6.91. The van der Waals surface area contributed by atoms with Crippen molar-refractivity contribution in [3.63, 3.8) is 0 Å². The zero-order valence-electron chi connectivity index (χ0n) is 8.28. The largest absolute Gasteiger partial charge is 0.465 e. The standard InChI is InChI=1S/C11H11NO3/c1-15-11(14)9-5-4-8(3-2-6-13)7-10(9)12/h4-5,7,13H,6,12H2,1H3. The molecule has 1 rings (SSSR count). The fraction of sp³-hybridized carbons (Fsp3) is 0.182. The molecule has 0 saturated heterocycles. The zero-order chi connectivity index (χ0) is 11.3. The van der Waals surface area contributed by atoms with Gasteiger partial charge < -0.3 is 15.6 Å². The number of methoxy groups -OCH3 is 1. The van der Waals surface area contributed by atoms with Crippen LogP contribution in [-0.4, -0.2) is 24.8 Å². The first-order valence-electron chi connectivity index (χ1n) is 4.26. The summed E-state index contributed by atoms with van der Waals surface area (Å²) in [6.07, 6.45) is 0. The van der Waals surface area contributed by atoms with E-state index in [9.17, 15) is 4.79 Å². The Morgan fingerprint density at radius 2 is 2.33 bits per heavy atom. The summed E-state index contributed by atoms with van der Waals surface area (Å²) in [7, 11) is 1.29. The van der Waals surface area contributed by atoms with Crippen molar-refractivity contribution in [1.82, 2.24) is 0 Å². The average molecular weight is 205 g/mol. The van der Waals surface area contributed by atoms with Crippen molar-refractivity contribution < 1.29 is 14.6 Å². The maximum absolute atomic E-state index is 11.2. The van der Waals surface area contributed by atoms with Crippen molar-refractivity contribution >= 4 is 11.7 Å². The van der Waals surface area contributed by atoms with E-state index >= 15 is 0 Å². The van der Waals surface area contributed by atoms with Crippen molar-refractivity contribution in [3.8, 4) is 11.8 Å². The van der Waals surface area contributed by atoms with Gasteiger partial charge in [-0.25, -0.2) is 4.79 Å². The van der Waals surface area contributed by atoms with Crippen LogP contribution in [0.4, 0.5) is 5.69 Å². The van der Waals surface area contributed by atoms with Gasteiger partial charge in [-0.05, 0) is 18.2 Å². The molecule has 0 aliphatic rings. The van der Waals surface area contributed by atoms with Crippen LogP contribution in [0.1, 0.15) is 15.9 Å². The van der Waals surface area contributed by atoms with Gasteiger partial charge in [0, 0.05) is 11.3 Å². The fourth-order valence-electron chi connectivity index (χ4n) is 1.08. The number of hydrogen-bond acceptors (Lipinski definition) is 4. The molecule has 1 aromatic carbocycles. The zero-order valence-corrected chi connectivity index (χ0v) is 8.28. The van der Waals surface area contributed by atoms with Crippen LogP contribution in [0.15, 0.2) is 18.2 Å². The Hall–Kier alpha value is -1.99. The van der Waals surface area contributed by atoms with Crippen LogP contribution in [-0.2, 0) is 4.74 Å². The third-order valence-electron chi connectivity index (χ3n) is 1.77. The second-order valence-electron chi connectivity index (χ2n) is 2.75. The van der Waals surface area contributed by atoms with Crippen molar-refractivity contribution in [1.29, 1.82) is 0 Å². The first-order chi connectivity index (χ1) is 7.19. The predicted octanol–water partition coefficient (Wildman–Crippen LogP) is 0.399. The molecule has 0 unspecified atom stereocenters. The van der Waals surface area contributed by atoms with Crippen LogP contribution in [0.5, 0.6) is 0 Å². The molecule has 0 saturated carbocycles. The monoisotopic (exact) mass is 205 g/mol. The highest BCUT2D eigenvalue weighted by Gasteiger charge is 2.08. The van der Waals surface area contributed by atoms with E-state index in [-0.39, 0.29) is 6.61 Å². The first kappa shape index (κ1) is 11.1. The lowest BCUT2D eigenvalue weighted by molar-refractivity contribution is 0.0602. The molecule has 1 aromatic rings. The van der Waals surface area contributed by atoms with Crippen LogP contribution in [0.2, 0.25) is 0 Å². The van der Waals surface area contributed by atoms with Gasteiger partial charge in [-0.2, -0.15) is 0 Å². The maximum Gasteiger partial charge on any atom is 0.339 e. The summed E-state index contributed by atoms with van der Waals surface area (Å²) in [6, 6.07) is 4.75. The molecule has 0 spiro atoms. The van der Waals surface area contributed by atoms with Gasteiger partial charge in [-0.3, -0.25) is 0 Å². The van der Waals surface area contributed by atoms with E-state index in [0.717, 1.165) is 0 Å². The Morgan fingerprint density at radius 1 is 1.60 bits per heavy atom. The predicted molar refractivity (Wildman–Crippen MR) is 56.2 cm³/mol. The molecule has 0 radical (unpaired) electrons. The number of esters is 1. The lowest BCUT2D eigenvalue weighted by atomic mass is 10.1. The smallest absolute Gasteiger partial charge is 0.339 e. The summed E-state index contributed by atoms with van der Waals surface area (Å²) in [5, 5.41) is 8.50. The van der Waals surface area contributed by atoms with E-state index < -0.39 is 5.97 Å². The summed E-state index contributed by atoms with van der Waals surface area (Å²) in [5.74, 6) is 4.70. The van der Waals surface area contributed by atoms with Crippen LogP contribution in [0, 0.1) is 11.8 Å². The van der Waals surface area contributed by atoms with Gasteiger partial charge in [0.2, 0.25) is 0 Å². The molecular formula is C11H11NO3. The van der Waals surface area contributed by atoms with E-state index in [4.69, 9.17) is 10.8 Å².